The van der Waals surface area contributed by atoms with E-state index in [9.17, 15) is 9.90 Å². The zero-order valence-electron chi connectivity index (χ0n) is 8.77. The number of aromatic hydroxyl groups is 1. The number of fused-ring (bicyclic) bond motifs is 1. The van der Waals surface area contributed by atoms with Crippen LogP contribution in [0, 0.1) is 0 Å². The van der Waals surface area contributed by atoms with Crippen LogP contribution < -0.4 is 11.1 Å². The van der Waals surface area contributed by atoms with Crippen LogP contribution in [0.2, 0.25) is 0 Å². The molecule has 0 aromatic heterocycles. The number of nitrogens with one attached hydrogen (secondary N) is 1. The first-order valence-corrected chi connectivity index (χ1v) is 6.13. The molecule has 0 saturated carbocycles. The zero-order valence-corrected chi connectivity index (χ0v) is 9.59. The third-order valence-corrected chi connectivity index (χ3v) is 3.65. The van der Waals surface area contributed by atoms with Gasteiger partial charge in [0.05, 0.1) is 11.7 Å². The van der Waals surface area contributed by atoms with Gasteiger partial charge in [-0.05, 0) is 30.7 Å². The van der Waals surface area contributed by atoms with E-state index < -0.39 is 0 Å². The fourth-order valence-corrected chi connectivity index (χ4v) is 2.77. The number of carbonyl (C=O) groups excluding carboxylic acids is 1. The Morgan fingerprint density at radius 3 is 3.12 bits per heavy atom. The Bertz CT molecular complexity index is 409. The molecule has 1 aliphatic rings. The molecular weight excluding hydrogens is 224 g/mol. The third-order valence-electron chi connectivity index (χ3n) is 2.49. The summed E-state index contributed by atoms with van der Waals surface area (Å²) in [6.45, 7) is 0.563. The molecule has 0 radical (unpaired) electrons. The molecule has 1 aromatic carbocycles. The first-order chi connectivity index (χ1) is 7.74. The van der Waals surface area contributed by atoms with E-state index in [1.807, 2.05) is 6.07 Å². The van der Waals surface area contributed by atoms with Crippen molar-refractivity contribution < 1.29 is 9.90 Å². The largest absolute Gasteiger partial charge is 0.506 e. The summed E-state index contributed by atoms with van der Waals surface area (Å²) in [5.41, 5.74) is 7.17. The van der Waals surface area contributed by atoms with Gasteiger partial charge in [0.15, 0.2) is 0 Å². The van der Waals surface area contributed by atoms with E-state index >= 15 is 0 Å². The second-order valence-corrected chi connectivity index (χ2v) is 4.79. The van der Waals surface area contributed by atoms with Crippen LogP contribution in [0.1, 0.15) is 5.56 Å². The normalized spacial score (nSPS) is 18.7. The lowest BCUT2D eigenvalue weighted by atomic mass is 10.1. The summed E-state index contributed by atoms with van der Waals surface area (Å²) in [6.07, 6.45) is 1.61. The minimum absolute atomic E-state index is 0.194. The molecule has 16 heavy (non-hydrogen) atoms. The minimum Gasteiger partial charge on any atom is -0.506 e. The number of nitrogens with two attached hydrogens (primary N) is 1. The van der Waals surface area contributed by atoms with Crippen LogP contribution in [0.4, 0.5) is 5.69 Å². The predicted octanol–water partition coefficient (Wildman–Crippen LogP) is 0.978. The van der Waals surface area contributed by atoms with Crippen molar-refractivity contribution in [2.75, 3.05) is 17.6 Å². The van der Waals surface area contributed by atoms with E-state index in [2.05, 4.69) is 5.32 Å². The molecule has 5 heteroatoms. The highest BCUT2D eigenvalue weighted by atomic mass is 32.2. The van der Waals surface area contributed by atoms with Crippen molar-refractivity contribution in [3.63, 3.8) is 0 Å². The van der Waals surface area contributed by atoms with Crippen LogP contribution in [0.5, 0.6) is 5.75 Å². The van der Waals surface area contributed by atoms with Gasteiger partial charge in [0.1, 0.15) is 12.0 Å². The maximum Gasteiger partial charge on any atom is 0.143 e. The highest BCUT2D eigenvalue weighted by Crippen LogP contribution is 2.40. The van der Waals surface area contributed by atoms with Crippen molar-refractivity contribution in [3.8, 4) is 5.75 Å². The van der Waals surface area contributed by atoms with Gasteiger partial charge in [-0.3, -0.25) is 0 Å². The number of benzene rings is 1. The van der Waals surface area contributed by atoms with Gasteiger partial charge in [-0.2, -0.15) is 0 Å². The average Bonchev–Trinajstić information content (AvgIpc) is 2.29. The molecule has 0 aliphatic carbocycles. The average molecular weight is 238 g/mol. The second-order valence-electron chi connectivity index (χ2n) is 3.72. The lowest BCUT2D eigenvalue weighted by Crippen LogP contribution is -2.27. The lowest BCUT2D eigenvalue weighted by Gasteiger charge is -2.24. The summed E-state index contributed by atoms with van der Waals surface area (Å²) in [4.78, 5) is 11.7. The molecule has 4 nitrogen and oxygen atoms in total. The Kier molecular flexibility index (Phi) is 3.36. The smallest absolute Gasteiger partial charge is 0.143 e. The Morgan fingerprint density at radius 1 is 1.62 bits per heavy atom. The highest BCUT2D eigenvalue weighted by Gasteiger charge is 2.20. The molecule has 0 fully saturated rings. The van der Waals surface area contributed by atoms with Crippen molar-refractivity contribution in [1.82, 2.24) is 0 Å². The molecule has 1 heterocycles. The summed E-state index contributed by atoms with van der Waals surface area (Å²) >= 11 is 1.58. The van der Waals surface area contributed by atoms with Gasteiger partial charge in [0.25, 0.3) is 0 Å². The molecule has 4 N–H and O–H groups in total. The van der Waals surface area contributed by atoms with Crippen LogP contribution in [0.15, 0.2) is 17.0 Å². The molecule has 1 aliphatic heterocycles. The number of anilines is 1. The van der Waals surface area contributed by atoms with Gasteiger partial charge in [-0.25, -0.2) is 0 Å². The monoisotopic (exact) mass is 238 g/mol. The van der Waals surface area contributed by atoms with E-state index in [4.69, 9.17) is 5.73 Å². The highest BCUT2D eigenvalue weighted by molar-refractivity contribution is 7.99. The predicted molar refractivity (Wildman–Crippen MR) is 65.1 cm³/mol. The molecule has 0 bridgehead atoms. The molecule has 1 atom stereocenters. The fourth-order valence-electron chi connectivity index (χ4n) is 1.71. The van der Waals surface area contributed by atoms with Gasteiger partial charge in [-0.15, -0.1) is 11.8 Å². The van der Waals surface area contributed by atoms with Crippen LogP contribution in [0.3, 0.4) is 0 Å². The summed E-state index contributed by atoms with van der Waals surface area (Å²) in [7, 11) is 0. The summed E-state index contributed by atoms with van der Waals surface area (Å²) in [5.74, 6) is 0.891. The Balaban J connectivity index is 2.32. The maximum absolute atomic E-state index is 10.7. The van der Waals surface area contributed by atoms with Crippen molar-refractivity contribution in [1.29, 1.82) is 0 Å². The quantitative estimate of drug-likeness (QED) is 0.540. The first-order valence-electron chi connectivity index (χ1n) is 5.15. The summed E-state index contributed by atoms with van der Waals surface area (Å²) < 4.78 is 0. The number of rotatable bonds is 3. The van der Waals surface area contributed by atoms with Gasteiger partial charge < -0.3 is 21.0 Å². The number of carbonyl (C=O) groups is 1. The van der Waals surface area contributed by atoms with Crippen LogP contribution in [0.25, 0.3) is 0 Å². The Hall–Kier alpha value is -1.20. The summed E-state index contributed by atoms with van der Waals surface area (Å²) in [5, 5.41) is 12.9. The minimum atomic E-state index is -0.219. The Labute approximate surface area is 98.2 Å². The molecule has 0 amide bonds. The number of hydrogen-bond acceptors (Lipinski definition) is 5. The van der Waals surface area contributed by atoms with Gasteiger partial charge in [0, 0.05) is 10.6 Å². The number of phenolic OH excluding ortho intramolecular Hbond substituents is 1. The molecular formula is C11H14N2O2S. The van der Waals surface area contributed by atoms with E-state index in [-0.39, 0.29) is 11.8 Å². The SMILES string of the molecule is NCCc1cc(O)c2c(c1)SCC(C=O)N2. The number of thioether (sulfide) groups is 1. The maximum atomic E-state index is 10.7. The fraction of sp³-hybridized carbons (Fsp3) is 0.364. The first kappa shape index (κ1) is 11.3. The van der Waals surface area contributed by atoms with Gasteiger partial charge in [-0.1, -0.05) is 0 Å². The van der Waals surface area contributed by atoms with E-state index in [1.165, 1.54) is 0 Å². The zero-order chi connectivity index (χ0) is 11.5. The van der Waals surface area contributed by atoms with E-state index in [0.717, 1.165) is 23.2 Å². The van der Waals surface area contributed by atoms with E-state index in [0.29, 0.717) is 18.0 Å². The van der Waals surface area contributed by atoms with Crippen molar-refractivity contribution in [2.45, 2.75) is 17.4 Å². The van der Waals surface area contributed by atoms with Crippen molar-refractivity contribution in [2.24, 2.45) is 5.73 Å². The van der Waals surface area contributed by atoms with E-state index in [1.54, 1.807) is 17.8 Å². The van der Waals surface area contributed by atoms with Gasteiger partial charge >= 0.3 is 0 Å². The second kappa shape index (κ2) is 4.76. The molecule has 0 spiro atoms. The van der Waals surface area contributed by atoms with Crippen LogP contribution in [-0.2, 0) is 11.2 Å². The standard InChI is InChI=1S/C11H14N2O2S/c12-2-1-7-3-9(15)11-10(4-7)16-6-8(5-14)13-11/h3-5,8,13,15H,1-2,6,12H2. The molecule has 86 valence electrons. The topological polar surface area (TPSA) is 75.3 Å². The summed E-state index contributed by atoms with van der Waals surface area (Å²) in [6, 6.07) is 3.50. The molecule has 0 saturated heterocycles. The van der Waals surface area contributed by atoms with Crippen LogP contribution in [-0.4, -0.2) is 29.7 Å². The van der Waals surface area contributed by atoms with Crippen molar-refractivity contribution in [3.05, 3.63) is 17.7 Å². The van der Waals surface area contributed by atoms with Gasteiger partial charge in [0.2, 0.25) is 0 Å². The third kappa shape index (κ3) is 2.15. The lowest BCUT2D eigenvalue weighted by molar-refractivity contribution is -0.108. The van der Waals surface area contributed by atoms with Crippen molar-refractivity contribution >= 4 is 23.7 Å². The van der Waals surface area contributed by atoms with Crippen LogP contribution >= 0.6 is 11.8 Å². The molecule has 2 rings (SSSR count). The number of hydrogen-bond donors (Lipinski definition) is 3. The molecule has 1 unspecified atom stereocenters. The number of phenols is 1. The molecule has 1 aromatic rings. The Morgan fingerprint density at radius 2 is 2.44 bits per heavy atom. The number of aldehydes is 1.